The van der Waals surface area contributed by atoms with Gasteiger partial charge in [-0.05, 0) is 97.0 Å². The second-order valence-corrected chi connectivity index (χ2v) is 21.8. The van der Waals surface area contributed by atoms with Gasteiger partial charge in [-0.2, -0.15) is 0 Å². The molecule has 2 heterocycles. The third kappa shape index (κ3) is 7.71. The Bertz CT molecular complexity index is 3410. The molecule has 9 aromatic rings. The summed E-state index contributed by atoms with van der Waals surface area (Å²) in [5, 5.41) is 12.6. The van der Waals surface area contributed by atoms with Gasteiger partial charge < -0.3 is 5.11 Å². The minimum atomic E-state index is -0.318. The Hall–Kier alpha value is -6.35. The number of pyridine rings is 1. The van der Waals surface area contributed by atoms with Gasteiger partial charge in [0.05, 0.1) is 22.3 Å². The molecular formula is C64H60N3OPt-. The average Bonchev–Trinajstić information content (AvgIpc) is 3.72. The number of hydrogen-bond donors (Lipinski definition) is 1. The van der Waals surface area contributed by atoms with Gasteiger partial charge in [0.25, 0.3) is 0 Å². The van der Waals surface area contributed by atoms with Crippen LogP contribution >= 0.6 is 0 Å². The van der Waals surface area contributed by atoms with Crippen LogP contribution in [0.15, 0.2) is 152 Å². The van der Waals surface area contributed by atoms with Crippen LogP contribution in [0.2, 0.25) is 0 Å². The normalized spacial score (nSPS) is 15.0. The summed E-state index contributed by atoms with van der Waals surface area (Å²) in [6.07, 6.45) is 1.95. The molecule has 0 aliphatic heterocycles. The van der Waals surface area contributed by atoms with Crippen LogP contribution in [0.5, 0.6) is 5.75 Å². The summed E-state index contributed by atoms with van der Waals surface area (Å²) < 4.78 is 2.32. The van der Waals surface area contributed by atoms with Crippen LogP contribution in [0.3, 0.4) is 0 Å². The number of fused-ring (bicyclic) bond motifs is 1. The summed E-state index contributed by atoms with van der Waals surface area (Å²) in [5.74, 6) is 1.67. The molecule has 0 unspecified atom stereocenters. The Morgan fingerprint density at radius 2 is 1.25 bits per heavy atom. The number of phenolic OH excluding ortho intramolecular Hbond substituents is 1. The Balaban J connectivity index is 0.00000553. The van der Waals surface area contributed by atoms with Crippen molar-refractivity contribution < 1.29 is 26.2 Å². The molecule has 0 saturated heterocycles. The summed E-state index contributed by atoms with van der Waals surface area (Å²) in [6.45, 7) is 22.3. The molecular weight excluding hydrogens is 1020 g/mol. The van der Waals surface area contributed by atoms with E-state index in [0.29, 0.717) is 5.92 Å². The maximum atomic E-state index is 12.6. The average molecular weight is 1080 g/mol. The Morgan fingerprint density at radius 1 is 0.594 bits per heavy atom. The maximum Gasteiger partial charge on any atom is 0.148 e. The van der Waals surface area contributed by atoms with Gasteiger partial charge in [0.2, 0.25) is 0 Å². The van der Waals surface area contributed by atoms with E-state index in [1.54, 1.807) is 0 Å². The number of phenols is 1. The first kappa shape index (κ1) is 46.4. The van der Waals surface area contributed by atoms with E-state index in [4.69, 9.17) is 9.97 Å². The van der Waals surface area contributed by atoms with Gasteiger partial charge in [-0.1, -0.05) is 207 Å². The fourth-order valence-electron chi connectivity index (χ4n) is 11.1. The number of para-hydroxylation sites is 1. The van der Waals surface area contributed by atoms with Gasteiger partial charge in [0.15, 0.2) is 0 Å². The first-order valence-electron chi connectivity index (χ1n) is 24.4. The Morgan fingerprint density at radius 3 is 1.87 bits per heavy atom. The van der Waals surface area contributed by atoms with Gasteiger partial charge in [0.1, 0.15) is 11.6 Å². The summed E-state index contributed by atoms with van der Waals surface area (Å²) in [6, 6.07) is 57.3. The van der Waals surface area contributed by atoms with E-state index < -0.39 is 0 Å². The second-order valence-electron chi connectivity index (χ2n) is 21.8. The molecule has 12 rings (SSSR count). The minimum Gasteiger partial charge on any atom is -0.507 e. The molecule has 3 aliphatic rings. The third-order valence-electron chi connectivity index (χ3n) is 14.7. The van der Waals surface area contributed by atoms with Gasteiger partial charge in [-0.3, -0.25) is 9.55 Å². The largest absolute Gasteiger partial charge is 0.507 e. The standard InChI is InChI=1S/C64H60N3O.Pt/c1-37(2)40-27-28-55(49(31-40)38(3)4)67-56-26-18-25-44(60(56)66-62(67)52-35-43(63(5,6)7)36-53(61(52)68)64(8,9)10)42-32-50(54-34-41(29-30-65-54)39-19-12-11-13-20-39)59-51(33-42)57-45-21-14-16-23-47(45)58(59)48-24-17-15-22-46(48)57;/h11-31,33-38,57-58,68H,1-10H3;/q-1;. The van der Waals surface area contributed by atoms with Gasteiger partial charge >= 0.3 is 0 Å². The number of rotatable bonds is 7. The maximum absolute atomic E-state index is 12.6. The summed E-state index contributed by atoms with van der Waals surface area (Å²) in [5.41, 5.74) is 21.9. The Kier molecular flexibility index (Phi) is 11.6. The Labute approximate surface area is 422 Å². The number of imidazole rings is 1. The zero-order valence-electron chi connectivity index (χ0n) is 41.3. The predicted molar refractivity (Wildman–Crippen MR) is 281 cm³/mol. The van der Waals surface area contributed by atoms with Crippen LogP contribution in [0, 0.1) is 6.07 Å². The first-order valence-corrected chi connectivity index (χ1v) is 24.4. The van der Waals surface area contributed by atoms with E-state index >= 15 is 0 Å². The van der Waals surface area contributed by atoms with Crippen molar-refractivity contribution in [2.75, 3.05) is 0 Å². The SMILES string of the molecule is CC(C)c1ccc(-n2c(-c3cc(C(C)(C)C)cc(C(C)(C)C)c3O)nc3c(-c4[c-]c(-c5cc(-c6ccccc6)ccn5)c5c(c4)C4c6ccccc6C5c5ccccc54)cccc32)c(C(C)C)c1.[Pt]. The molecule has 2 aromatic heterocycles. The molecule has 7 aromatic carbocycles. The zero-order valence-corrected chi connectivity index (χ0v) is 43.6. The van der Waals surface area contributed by atoms with Gasteiger partial charge in [0, 0.05) is 50.4 Å². The second kappa shape index (κ2) is 17.3. The summed E-state index contributed by atoms with van der Waals surface area (Å²) in [4.78, 5) is 10.9. The quantitative estimate of drug-likeness (QED) is 0.162. The number of hydrogen-bond acceptors (Lipinski definition) is 3. The van der Waals surface area contributed by atoms with E-state index in [9.17, 15) is 5.11 Å². The topological polar surface area (TPSA) is 50.9 Å². The number of benzene rings is 7. The fraction of sp³-hybridized carbons (Fsp3) is 0.250. The zero-order chi connectivity index (χ0) is 47.4. The number of aromatic nitrogens is 3. The molecule has 0 atom stereocenters. The van der Waals surface area contributed by atoms with Crippen molar-refractivity contribution in [3.8, 4) is 56.3 Å². The van der Waals surface area contributed by atoms with E-state index in [1.807, 2.05) is 6.20 Å². The molecule has 1 N–H and O–H groups in total. The number of aromatic hydroxyl groups is 1. The van der Waals surface area contributed by atoms with Crippen LogP contribution in [0.25, 0.3) is 61.6 Å². The smallest absolute Gasteiger partial charge is 0.148 e. The fourth-order valence-corrected chi connectivity index (χ4v) is 11.1. The molecule has 348 valence electrons. The van der Waals surface area contributed by atoms with Crippen LogP contribution < -0.4 is 0 Å². The molecule has 69 heavy (non-hydrogen) atoms. The van der Waals surface area contributed by atoms with Crippen molar-refractivity contribution in [2.24, 2.45) is 0 Å². The summed E-state index contributed by atoms with van der Waals surface area (Å²) >= 11 is 0. The van der Waals surface area contributed by atoms with Crippen molar-refractivity contribution >= 4 is 11.0 Å². The first-order chi connectivity index (χ1) is 32.6. The molecule has 5 heteroatoms. The van der Waals surface area contributed by atoms with Crippen LogP contribution in [0.1, 0.15) is 149 Å². The monoisotopic (exact) mass is 1080 g/mol. The molecule has 0 fully saturated rings. The van der Waals surface area contributed by atoms with Gasteiger partial charge in [-0.15, -0.1) is 17.7 Å². The number of nitrogens with zero attached hydrogens (tertiary/aromatic N) is 3. The third-order valence-corrected chi connectivity index (χ3v) is 14.7. The molecule has 2 bridgehead atoms. The molecule has 4 nitrogen and oxygen atoms in total. The van der Waals surface area contributed by atoms with Crippen LogP contribution in [-0.2, 0) is 31.9 Å². The van der Waals surface area contributed by atoms with Crippen molar-refractivity contribution in [3.05, 3.63) is 213 Å². The van der Waals surface area contributed by atoms with Crippen molar-refractivity contribution in [1.82, 2.24) is 14.5 Å². The predicted octanol–water partition coefficient (Wildman–Crippen LogP) is 16.4. The van der Waals surface area contributed by atoms with Crippen LogP contribution in [0.4, 0.5) is 0 Å². The van der Waals surface area contributed by atoms with Crippen molar-refractivity contribution in [1.29, 1.82) is 0 Å². The van der Waals surface area contributed by atoms with E-state index in [2.05, 4.69) is 225 Å². The van der Waals surface area contributed by atoms with E-state index in [0.717, 1.165) is 72.7 Å². The van der Waals surface area contributed by atoms with E-state index in [1.165, 1.54) is 44.5 Å². The van der Waals surface area contributed by atoms with Gasteiger partial charge in [-0.25, -0.2) is 4.98 Å². The van der Waals surface area contributed by atoms with Crippen molar-refractivity contribution in [3.63, 3.8) is 0 Å². The van der Waals surface area contributed by atoms with Crippen molar-refractivity contribution in [2.45, 2.75) is 104 Å². The summed E-state index contributed by atoms with van der Waals surface area (Å²) in [7, 11) is 0. The van der Waals surface area contributed by atoms with Crippen LogP contribution in [-0.4, -0.2) is 19.6 Å². The van der Waals surface area contributed by atoms with E-state index in [-0.39, 0.29) is 55.4 Å². The molecule has 3 aliphatic carbocycles. The minimum absolute atomic E-state index is 0. The molecule has 0 saturated carbocycles. The molecule has 0 radical (unpaired) electrons. The molecule has 0 spiro atoms. The molecule has 0 amide bonds.